The van der Waals surface area contributed by atoms with Crippen LogP contribution in [0.25, 0.3) is 128 Å². The van der Waals surface area contributed by atoms with Crippen LogP contribution in [0.5, 0.6) is 0 Å². The molecular weight excluding hydrogens is 841 g/mol. The summed E-state index contributed by atoms with van der Waals surface area (Å²) in [6.45, 7) is 4.68. The van der Waals surface area contributed by atoms with Gasteiger partial charge in [-0.2, -0.15) is 0 Å². The van der Waals surface area contributed by atoms with Gasteiger partial charge in [-0.15, -0.1) is 0 Å². The van der Waals surface area contributed by atoms with Crippen LogP contribution in [0.3, 0.4) is 0 Å². The minimum Gasteiger partial charge on any atom is -0.456 e. The highest BCUT2D eigenvalue weighted by Crippen LogP contribution is 2.50. The number of hydrogen-bond donors (Lipinski definition) is 0. The molecule has 5 heteroatoms. The summed E-state index contributed by atoms with van der Waals surface area (Å²) in [4.78, 5) is 15.3. The summed E-state index contributed by atoms with van der Waals surface area (Å²) in [7, 11) is 0. The summed E-state index contributed by atoms with van der Waals surface area (Å²) in [5.74, 6) is 1.79. The third-order valence-electron chi connectivity index (χ3n) is 14.5. The maximum Gasteiger partial charge on any atom is 0.164 e. The molecular formula is C64H42N4O. The average molecular weight is 883 g/mol. The monoisotopic (exact) mass is 882 g/mol. The molecule has 0 aliphatic heterocycles. The minimum atomic E-state index is -0.0383. The lowest BCUT2D eigenvalue weighted by molar-refractivity contribution is 0.660. The van der Waals surface area contributed by atoms with E-state index < -0.39 is 0 Å². The first-order valence-corrected chi connectivity index (χ1v) is 23.6. The van der Waals surface area contributed by atoms with Gasteiger partial charge in [0.15, 0.2) is 17.5 Å². The third kappa shape index (κ3) is 6.14. The normalized spacial score (nSPS) is 12.9. The topological polar surface area (TPSA) is 56.7 Å². The summed E-state index contributed by atoms with van der Waals surface area (Å²) < 4.78 is 8.74. The molecule has 0 amide bonds. The first-order valence-electron chi connectivity index (χ1n) is 23.6. The van der Waals surface area contributed by atoms with E-state index >= 15 is 0 Å². The fourth-order valence-electron chi connectivity index (χ4n) is 11.1. The summed E-state index contributed by atoms with van der Waals surface area (Å²) in [6.07, 6.45) is 0. The molecule has 13 aromatic rings. The smallest absolute Gasteiger partial charge is 0.164 e. The first kappa shape index (κ1) is 39.3. The van der Waals surface area contributed by atoms with Gasteiger partial charge in [0, 0.05) is 54.9 Å². The van der Waals surface area contributed by atoms with Gasteiger partial charge in [0.1, 0.15) is 11.2 Å². The van der Waals surface area contributed by atoms with Crippen LogP contribution in [0.1, 0.15) is 25.0 Å². The average Bonchev–Trinajstić information content (AvgIpc) is 4.04. The van der Waals surface area contributed by atoms with E-state index in [2.05, 4.69) is 182 Å². The molecule has 0 unspecified atom stereocenters. The number of furan rings is 1. The van der Waals surface area contributed by atoms with E-state index in [0.717, 1.165) is 60.9 Å². The minimum absolute atomic E-state index is 0.0383. The lowest BCUT2D eigenvalue weighted by atomic mass is 9.82. The third-order valence-corrected chi connectivity index (χ3v) is 14.5. The SMILES string of the molecule is CC1(C)c2ccccc2-c2cc(-c3cccc(-c4cccc5c6c7ccccc7ccc6n(-c6ccc(-c7nc(-c8ccccc8)nc(-c8ccc9c(c8)oc8ccccc89)n7)cc6)c45)c3)ccc21. The maximum absolute atomic E-state index is 6.30. The maximum atomic E-state index is 6.30. The number of aromatic nitrogens is 4. The number of rotatable bonds is 6. The Balaban J connectivity index is 0.915. The van der Waals surface area contributed by atoms with Crippen molar-refractivity contribution in [2.75, 3.05) is 0 Å². The van der Waals surface area contributed by atoms with E-state index in [0.29, 0.717) is 17.5 Å². The molecule has 0 saturated carbocycles. The van der Waals surface area contributed by atoms with Crippen molar-refractivity contribution in [2.45, 2.75) is 19.3 Å². The Morgan fingerprint density at radius 1 is 0.377 bits per heavy atom. The van der Waals surface area contributed by atoms with Gasteiger partial charge in [0.05, 0.1) is 11.0 Å². The van der Waals surface area contributed by atoms with Gasteiger partial charge in [0.25, 0.3) is 0 Å². The molecule has 1 aliphatic carbocycles. The van der Waals surface area contributed by atoms with Crippen molar-refractivity contribution < 1.29 is 4.42 Å². The number of hydrogen-bond acceptors (Lipinski definition) is 4. The highest BCUT2D eigenvalue weighted by Gasteiger charge is 2.35. The van der Waals surface area contributed by atoms with Crippen molar-refractivity contribution in [1.29, 1.82) is 0 Å². The van der Waals surface area contributed by atoms with Gasteiger partial charge in [0.2, 0.25) is 0 Å². The van der Waals surface area contributed by atoms with E-state index in [1.807, 2.05) is 54.6 Å². The van der Waals surface area contributed by atoms with Crippen molar-refractivity contribution >= 4 is 54.5 Å². The van der Waals surface area contributed by atoms with Crippen molar-refractivity contribution in [3.05, 3.63) is 230 Å². The molecule has 0 fully saturated rings. The molecule has 0 bridgehead atoms. The fourth-order valence-corrected chi connectivity index (χ4v) is 11.1. The molecule has 3 aromatic heterocycles. The number of fused-ring (bicyclic) bond motifs is 11. The zero-order valence-electron chi connectivity index (χ0n) is 38.0. The van der Waals surface area contributed by atoms with Gasteiger partial charge < -0.3 is 8.98 Å². The van der Waals surface area contributed by atoms with Crippen LogP contribution in [-0.2, 0) is 5.41 Å². The largest absolute Gasteiger partial charge is 0.456 e. The lowest BCUT2D eigenvalue weighted by Crippen LogP contribution is -2.14. The molecule has 3 heterocycles. The molecule has 0 atom stereocenters. The Morgan fingerprint density at radius 2 is 0.971 bits per heavy atom. The standard InChI is InChI=1S/C64H42N4O/c1-64(2)54-24-10-8-20-49(54)53-37-43(29-34-55(53)64)42-17-12-18-44(36-42)48-22-13-23-52-59-47-19-7-6-14-39(47)30-35-56(59)68(60(48)52)46-31-26-41(27-32-46)62-65-61(40-15-4-3-5-16-40)66-63(67-62)45-28-33-51-50-21-9-11-25-57(50)69-58(51)38-45/h3-38H,1-2H3. The second-order valence-corrected chi connectivity index (χ2v) is 18.8. The Bertz CT molecular complexity index is 4220. The van der Waals surface area contributed by atoms with Crippen LogP contribution >= 0.6 is 0 Å². The van der Waals surface area contributed by atoms with Crippen LogP contribution in [0.4, 0.5) is 0 Å². The predicted molar refractivity (Wildman–Crippen MR) is 284 cm³/mol. The van der Waals surface area contributed by atoms with Crippen molar-refractivity contribution in [1.82, 2.24) is 19.5 Å². The van der Waals surface area contributed by atoms with Crippen LogP contribution in [0.15, 0.2) is 223 Å². The van der Waals surface area contributed by atoms with E-state index in [9.17, 15) is 0 Å². The summed E-state index contributed by atoms with van der Waals surface area (Å²) in [5.41, 5.74) is 17.8. The Kier molecular flexibility index (Phi) is 8.56. The Labute approximate surface area is 398 Å². The molecule has 10 aromatic carbocycles. The molecule has 0 radical (unpaired) electrons. The number of nitrogens with zero attached hydrogens (tertiary/aromatic N) is 4. The molecule has 0 spiro atoms. The summed E-state index contributed by atoms with van der Waals surface area (Å²) in [6, 6.07) is 78.1. The van der Waals surface area contributed by atoms with Gasteiger partial charge in [-0.1, -0.05) is 172 Å². The quantitative estimate of drug-likeness (QED) is 0.167. The fraction of sp³-hybridized carbons (Fsp3) is 0.0469. The summed E-state index contributed by atoms with van der Waals surface area (Å²) >= 11 is 0. The van der Waals surface area contributed by atoms with Crippen molar-refractivity contribution in [3.63, 3.8) is 0 Å². The molecule has 324 valence electrons. The predicted octanol–water partition coefficient (Wildman–Crippen LogP) is 16.7. The molecule has 14 rings (SSSR count). The number of benzene rings is 10. The van der Waals surface area contributed by atoms with Crippen LogP contribution < -0.4 is 0 Å². The van der Waals surface area contributed by atoms with Crippen LogP contribution in [0.2, 0.25) is 0 Å². The van der Waals surface area contributed by atoms with Crippen molar-refractivity contribution in [2.24, 2.45) is 0 Å². The van der Waals surface area contributed by atoms with Gasteiger partial charge in [-0.05, 0) is 110 Å². The molecule has 0 saturated heterocycles. The Morgan fingerprint density at radius 3 is 1.83 bits per heavy atom. The second-order valence-electron chi connectivity index (χ2n) is 18.8. The van der Waals surface area contributed by atoms with Crippen LogP contribution in [-0.4, -0.2) is 19.5 Å². The van der Waals surface area contributed by atoms with Crippen LogP contribution in [0, 0.1) is 0 Å². The van der Waals surface area contributed by atoms with Gasteiger partial charge in [-0.25, -0.2) is 15.0 Å². The Hall–Kier alpha value is -8.93. The molecule has 5 nitrogen and oxygen atoms in total. The molecule has 69 heavy (non-hydrogen) atoms. The second kappa shape index (κ2) is 15.0. The highest BCUT2D eigenvalue weighted by atomic mass is 16.3. The van der Waals surface area contributed by atoms with Gasteiger partial charge >= 0.3 is 0 Å². The lowest BCUT2D eigenvalue weighted by Gasteiger charge is -2.21. The molecule has 0 N–H and O–H groups in total. The van der Waals surface area contributed by atoms with E-state index in [4.69, 9.17) is 19.4 Å². The highest BCUT2D eigenvalue weighted by molar-refractivity contribution is 6.23. The molecule has 1 aliphatic rings. The van der Waals surface area contributed by atoms with Crippen molar-refractivity contribution in [3.8, 4) is 73.2 Å². The van der Waals surface area contributed by atoms with E-state index in [1.54, 1.807) is 0 Å². The van der Waals surface area contributed by atoms with E-state index in [-0.39, 0.29) is 5.41 Å². The first-order chi connectivity index (χ1) is 33.9. The number of para-hydroxylation sites is 2. The summed E-state index contributed by atoms with van der Waals surface area (Å²) in [5, 5.41) is 7.04. The zero-order valence-corrected chi connectivity index (χ0v) is 38.0. The zero-order chi connectivity index (χ0) is 45.8. The van der Waals surface area contributed by atoms with Gasteiger partial charge in [-0.3, -0.25) is 0 Å². The van der Waals surface area contributed by atoms with E-state index in [1.165, 1.54) is 60.5 Å².